The summed E-state index contributed by atoms with van der Waals surface area (Å²) < 4.78 is 5.46. The Bertz CT molecular complexity index is 786. The van der Waals surface area contributed by atoms with E-state index in [2.05, 4.69) is 29.7 Å². The summed E-state index contributed by atoms with van der Waals surface area (Å²) >= 11 is 0. The molecular weight excluding hydrogens is 324 g/mol. The number of ether oxygens (including phenoxy) is 1. The first kappa shape index (κ1) is 18.5. The molecular formula is C22H28N2O2. The van der Waals surface area contributed by atoms with Crippen LogP contribution in [0.2, 0.25) is 0 Å². The van der Waals surface area contributed by atoms with E-state index in [1.807, 2.05) is 31.3 Å². The number of carbonyl (C=O) groups excluding carboxylic acids is 1. The van der Waals surface area contributed by atoms with Gasteiger partial charge in [-0.15, -0.1) is 0 Å². The van der Waals surface area contributed by atoms with Gasteiger partial charge in [-0.05, 0) is 73.7 Å². The third-order valence-electron chi connectivity index (χ3n) is 5.16. The van der Waals surface area contributed by atoms with Gasteiger partial charge < -0.3 is 15.4 Å². The second-order valence-corrected chi connectivity index (χ2v) is 6.89. The molecule has 4 heteroatoms. The lowest BCUT2D eigenvalue weighted by molar-refractivity contribution is 0.102. The molecule has 0 fully saturated rings. The molecule has 2 N–H and O–H groups in total. The molecule has 4 nitrogen and oxygen atoms in total. The van der Waals surface area contributed by atoms with Gasteiger partial charge in [0.2, 0.25) is 0 Å². The number of aryl methyl sites for hydroxylation is 2. The maximum atomic E-state index is 12.8. The summed E-state index contributed by atoms with van der Waals surface area (Å²) in [5, 5.41) is 6.36. The minimum Gasteiger partial charge on any atom is -0.496 e. The zero-order valence-corrected chi connectivity index (χ0v) is 15.9. The van der Waals surface area contributed by atoms with Crippen LogP contribution < -0.4 is 15.4 Å². The highest BCUT2D eigenvalue weighted by molar-refractivity contribution is 6.06. The van der Waals surface area contributed by atoms with Crippen molar-refractivity contribution in [2.45, 2.75) is 45.1 Å². The molecule has 1 aliphatic rings. The van der Waals surface area contributed by atoms with Gasteiger partial charge in [-0.1, -0.05) is 25.5 Å². The predicted octanol–water partition coefficient (Wildman–Crippen LogP) is 4.50. The Morgan fingerprint density at radius 1 is 1.23 bits per heavy atom. The molecule has 0 aliphatic heterocycles. The smallest absolute Gasteiger partial charge is 0.259 e. The molecule has 1 amide bonds. The van der Waals surface area contributed by atoms with Gasteiger partial charge in [0, 0.05) is 11.7 Å². The highest BCUT2D eigenvalue weighted by Gasteiger charge is 2.21. The topological polar surface area (TPSA) is 50.4 Å². The second-order valence-electron chi connectivity index (χ2n) is 6.89. The first-order valence-electron chi connectivity index (χ1n) is 9.44. The fourth-order valence-electron chi connectivity index (χ4n) is 3.64. The van der Waals surface area contributed by atoms with Crippen LogP contribution in [-0.2, 0) is 12.8 Å². The van der Waals surface area contributed by atoms with Crippen molar-refractivity contribution in [3.63, 3.8) is 0 Å². The van der Waals surface area contributed by atoms with Gasteiger partial charge in [0.15, 0.2) is 0 Å². The third kappa shape index (κ3) is 3.91. The zero-order chi connectivity index (χ0) is 18.5. The molecule has 2 aromatic rings. The second kappa shape index (κ2) is 8.37. The Labute approximate surface area is 156 Å². The van der Waals surface area contributed by atoms with Gasteiger partial charge in [-0.25, -0.2) is 0 Å². The number of benzene rings is 2. The Kier molecular flexibility index (Phi) is 5.94. The minimum absolute atomic E-state index is 0.136. The third-order valence-corrected chi connectivity index (χ3v) is 5.16. The summed E-state index contributed by atoms with van der Waals surface area (Å²) in [4.78, 5) is 12.8. The molecule has 0 aromatic heterocycles. The minimum atomic E-state index is -0.136. The number of rotatable bonds is 7. The summed E-state index contributed by atoms with van der Waals surface area (Å²) in [6.07, 6.45) is 5.48. The van der Waals surface area contributed by atoms with Gasteiger partial charge in [-0.2, -0.15) is 0 Å². The van der Waals surface area contributed by atoms with Crippen LogP contribution in [0.4, 0.5) is 5.69 Å². The number of hydrogen-bond donors (Lipinski definition) is 2. The Morgan fingerprint density at radius 3 is 2.81 bits per heavy atom. The standard InChI is InChI=1S/C22H28N2O2/c1-4-5-6-15-7-11-18(21(13-15)26-3)22(25)24-17-10-8-16-9-12-20(23-2)19(16)14-17/h7-8,10-11,13-14,20,23H,4-6,9,12H2,1-3H3,(H,24,25). The Balaban J connectivity index is 1.78. The van der Waals surface area contributed by atoms with Crippen LogP contribution in [0.3, 0.4) is 0 Å². The average Bonchev–Trinajstić information content (AvgIpc) is 3.08. The Hall–Kier alpha value is -2.33. The molecule has 138 valence electrons. The van der Waals surface area contributed by atoms with Crippen LogP contribution in [-0.4, -0.2) is 20.1 Å². The highest BCUT2D eigenvalue weighted by atomic mass is 16.5. The molecule has 3 rings (SSSR count). The maximum absolute atomic E-state index is 12.8. The number of amides is 1. The fourth-order valence-corrected chi connectivity index (χ4v) is 3.64. The molecule has 0 spiro atoms. The van der Waals surface area contributed by atoms with Gasteiger partial charge in [0.05, 0.1) is 12.7 Å². The lowest BCUT2D eigenvalue weighted by Gasteiger charge is -2.14. The molecule has 1 aliphatic carbocycles. The molecule has 26 heavy (non-hydrogen) atoms. The van der Waals surface area contributed by atoms with E-state index < -0.39 is 0 Å². The van der Waals surface area contributed by atoms with Crippen molar-refractivity contribution in [3.8, 4) is 5.75 Å². The van der Waals surface area contributed by atoms with E-state index in [0.717, 1.165) is 37.8 Å². The number of carbonyl (C=O) groups is 1. The summed E-state index contributed by atoms with van der Waals surface area (Å²) in [7, 11) is 3.60. The van der Waals surface area contributed by atoms with Crippen molar-refractivity contribution in [1.29, 1.82) is 0 Å². The van der Waals surface area contributed by atoms with E-state index in [0.29, 0.717) is 17.4 Å². The van der Waals surface area contributed by atoms with Crippen LogP contribution >= 0.6 is 0 Å². The number of nitrogens with one attached hydrogen (secondary N) is 2. The molecule has 1 unspecified atom stereocenters. The van der Waals surface area contributed by atoms with Crippen LogP contribution in [0, 0.1) is 0 Å². The van der Waals surface area contributed by atoms with Gasteiger partial charge in [0.1, 0.15) is 5.75 Å². The van der Waals surface area contributed by atoms with E-state index in [-0.39, 0.29) is 5.91 Å². The molecule has 1 atom stereocenters. The number of fused-ring (bicyclic) bond motifs is 1. The zero-order valence-electron chi connectivity index (χ0n) is 15.9. The number of methoxy groups -OCH3 is 1. The van der Waals surface area contributed by atoms with Gasteiger partial charge in [-0.3, -0.25) is 4.79 Å². The number of hydrogen-bond acceptors (Lipinski definition) is 3. The molecule has 2 aromatic carbocycles. The first-order valence-corrected chi connectivity index (χ1v) is 9.44. The number of anilines is 1. The van der Waals surface area contributed by atoms with Crippen molar-refractivity contribution < 1.29 is 9.53 Å². The van der Waals surface area contributed by atoms with Gasteiger partial charge >= 0.3 is 0 Å². The lowest BCUT2D eigenvalue weighted by atomic mass is 10.0. The molecule has 0 saturated heterocycles. The van der Waals surface area contributed by atoms with E-state index in [4.69, 9.17) is 4.74 Å². The van der Waals surface area contributed by atoms with Crippen LogP contribution in [0.1, 0.15) is 59.3 Å². The quantitative estimate of drug-likeness (QED) is 0.771. The maximum Gasteiger partial charge on any atom is 0.259 e. The summed E-state index contributed by atoms with van der Waals surface area (Å²) in [6.45, 7) is 2.17. The summed E-state index contributed by atoms with van der Waals surface area (Å²) in [5.41, 5.74) is 5.24. The SMILES string of the molecule is CCCCc1ccc(C(=O)Nc2ccc3c(c2)C(NC)CC3)c(OC)c1. The normalized spacial score (nSPS) is 15.6. The average molecular weight is 352 g/mol. The van der Waals surface area contributed by atoms with Crippen molar-refractivity contribution in [2.24, 2.45) is 0 Å². The largest absolute Gasteiger partial charge is 0.496 e. The van der Waals surface area contributed by atoms with Crippen LogP contribution in [0.15, 0.2) is 36.4 Å². The van der Waals surface area contributed by atoms with Crippen molar-refractivity contribution in [2.75, 3.05) is 19.5 Å². The molecule has 0 heterocycles. The predicted molar refractivity (Wildman–Crippen MR) is 106 cm³/mol. The monoisotopic (exact) mass is 352 g/mol. The van der Waals surface area contributed by atoms with E-state index in [1.165, 1.54) is 16.7 Å². The van der Waals surface area contributed by atoms with E-state index in [9.17, 15) is 4.79 Å². The molecule has 0 saturated carbocycles. The van der Waals surface area contributed by atoms with E-state index in [1.54, 1.807) is 7.11 Å². The number of unbranched alkanes of at least 4 members (excludes halogenated alkanes) is 1. The fraction of sp³-hybridized carbons (Fsp3) is 0.409. The van der Waals surface area contributed by atoms with Crippen molar-refractivity contribution >= 4 is 11.6 Å². The van der Waals surface area contributed by atoms with Gasteiger partial charge in [0.25, 0.3) is 5.91 Å². The summed E-state index contributed by atoms with van der Waals surface area (Å²) in [5.74, 6) is 0.494. The first-order chi connectivity index (χ1) is 12.7. The van der Waals surface area contributed by atoms with Crippen molar-refractivity contribution in [1.82, 2.24) is 5.32 Å². The van der Waals surface area contributed by atoms with Crippen molar-refractivity contribution in [3.05, 3.63) is 58.7 Å². The summed E-state index contributed by atoms with van der Waals surface area (Å²) in [6, 6.07) is 12.4. The van der Waals surface area contributed by atoms with E-state index >= 15 is 0 Å². The lowest BCUT2D eigenvalue weighted by Crippen LogP contribution is -2.15. The molecule has 0 bridgehead atoms. The van der Waals surface area contributed by atoms with Crippen LogP contribution in [0.5, 0.6) is 5.75 Å². The Morgan fingerprint density at radius 2 is 2.08 bits per heavy atom. The highest BCUT2D eigenvalue weighted by Crippen LogP contribution is 2.33. The van der Waals surface area contributed by atoms with Crippen LogP contribution in [0.25, 0.3) is 0 Å². The molecule has 0 radical (unpaired) electrons.